The number of phenols is 1. The van der Waals surface area contributed by atoms with Crippen LogP contribution in [0.5, 0.6) is 5.75 Å². The fourth-order valence-corrected chi connectivity index (χ4v) is 8.05. The highest BCUT2D eigenvalue weighted by molar-refractivity contribution is 6.24. The number of phenolic OH excluding ortho intramolecular Hbond substituents is 1. The number of nitrogens with two attached hydrogens (primary N) is 1. The molecule has 5 atom stereocenters. The number of ether oxygens (including phenoxy) is 1. The van der Waals surface area contributed by atoms with Gasteiger partial charge in [-0.3, -0.25) is 19.7 Å². The third kappa shape index (κ3) is 4.61. The first kappa shape index (κ1) is 32.6. The number of hydrogen-bond acceptors (Lipinski definition) is 11. The number of Topliss-reactive ketones (excluding diaryl/α,β-unsaturated/α-hetero) is 2. The summed E-state index contributed by atoms with van der Waals surface area (Å²) in [6.07, 6.45) is -3.04. The van der Waals surface area contributed by atoms with Gasteiger partial charge in [0.1, 0.15) is 29.5 Å². The highest BCUT2D eigenvalue weighted by Crippen LogP contribution is 2.55. The number of aromatic hydroxyl groups is 1. The molecule has 0 fully saturated rings. The SMILES string of the molecule is C=C(NC(=O)OCC1c2ccccc2-c2ccccc21)Nc1ccc2c(c1O)C(=O)C1=C(O)[C@]3(O)C(=O)C(C(N)=O)=C(O)C[C@@H]3[C@@H](O)[C@@H]1[C@H]2C. The van der Waals surface area contributed by atoms with Gasteiger partial charge in [-0.15, -0.1) is 0 Å². The van der Waals surface area contributed by atoms with Crippen molar-refractivity contribution in [3.8, 4) is 16.9 Å². The second-order valence-electron chi connectivity index (χ2n) is 13.0. The largest absolute Gasteiger partial charge is 0.511 e. The smallest absolute Gasteiger partial charge is 0.412 e. The number of carbonyl (C=O) groups is 4. The molecular weight excluding hydrogens is 646 g/mol. The maximum absolute atomic E-state index is 14.0. The number of aliphatic hydroxyl groups excluding tert-OH is 3. The van der Waals surface area contributed by atoms with Gasteiger partial charge in [-0.25, -0.2) is 4.79 Å². The molecular formula is C37H33N3O10. The van der Waals surface area contributed by atoms with E-state index in [0.29, 0.717) is 5.56 Å². The standard InChI is InChI=1S/C37H33N3O10/c1-15-17-11-12-24(39-16(2)40-36(48)50-14-22-20-9-5-3-7-18(20)19-8-4-6-10-21(19)22)31(43)27(17)32(44)29-26(15)30(42)23-13-25(41)28(35(38)47)33(45)37(23,49)34(29)46/h3-12,15,22-23,26,30,39,41-43,46,49H,2,13-14H2,1H3,(H2,38,47)(H,40,48)/t15-,23+,26+,30+,37+/m0/s1. The molecule has 0 unspecified atom stereocenters. The van der Waals surface area contributed by atoms with Crippen LogP contribution in [0.3, 0.4) is 0 Å². The van der Waals surface area contributed by atoms with Gasteiger partial charge in [0.15, 0.2) is 17.1 Å². The van der Waals surface area contributed by atoms with E-state index >= 15 is 0 Å². The van der Waals surface area contributed by atoms with E-state index < -0.39 is 87.9 Å². The first-order valence-electron chi connectivity index (χ1n) is 15.9. The summed E-state index contributed by atoms with van der Waals surface area (Å²) in [7, 11) is 0. The van der Waals surface area contributed by atoms with Crippen molar-refractivity contribution in [2.75, 3.05) is 11.9 Å². The number of ketones is 2. The average Bonchev–Trinajstić information content (AvgIpc) is 3.40. The lowest BCUT2D eigenvalue weighted by molar-refractivity contribution is -0.154. The Labute approximate surface area is 285 Å². The predicted molar refractivity (Wildman–Crippen MR) is 178 cm³/mol. The molecule has 50 heavy (non-hydrogen) atoms. The zero-order chi connectivity index (χ0) is 35.8. The van der Waals surface area contributed by atoms with Crippen LogP contribution >= 0.6 is 0 Å². The number of aliphatic hydroxyl groups is 4. The normalized spacial score (nSPS) is 25.2. The second-order valence-corrected chi connectivity index (χ2v) is 13.0. The highest BCUT2D eigenvalue weighted by atomic mass is 16.5. The van der Waals surface area contributed by atoms with Gasteiger partial charge in [-0.1, -0.05) is 68.1 Å². The summed E-state index contributed by atoms with van der Waals surface area (Å²) in [6, 6.07) is 18.7. The fraction of sp³-hybridized carbons (Fsp3) is 0.243. The highest BCUT2D eigenvalue weighted by Gasteiger charge is 2.64. The topological polar surface area (TPSA) is 229 Å². The summed E-state index contributed by atoms with van der Waals surface area (Å²) >= 11 is 0. The van der Waals surface area contributed by atoms with Gasteiger partial charge in [-0.2, -0.15) is 0 Å². The van der Waals surface area contributed by atoms with Crippen LogP contribution in [0.4, 0.5) is 10.5 Å². The van der Waals surface area contributed by atoms with Gasteiger partial charge >= 0.3 is 6.09 Å². The Kier molecular flexibility index (Phi) is 7.57. The molecule has 0 aliphatic heterocycles. The number of allylic oxidation sites excluding steroid dienone is 1. The van der Waals surface area contributed by atoms with Gasteiger partial charge in [0, 0.05) is 29.7 Å². The number of fused-ring (bicyclic) bond motifs is 6. The lowest BCUT2D eigenvalue weighted by atomic mass is 9.56. The van der Waals surface area contributed by atoms with E-state index in [1.165, 1.54) is 12.1 Å². The summed E-state index contributed by atoms with van der Waals surface area (Å²) in [4.78, 5) is 52.0. The molecule has 3 aromatic rings. The van der Waals surface area contributed by atoms with Crippen LogP contribution in [0.25, 0.3) is 11.1 Å². The maximum Gasteiger partial charge on any atom is 0.412 e. The molecule has 256 valence electrons. The molecule has 0 spiro atoms. The summed E-state index contributed by atoms with van der Waals surface area (Å²) in [5.74, 6) is -9.94. The zero-order valence-corrected chi connectivity index (χ0v) is 26.6. The quantitative estimate of drug-likeness (QED) is 0.139. The molecule has 0 saturated heterocycles. The number of hydrogen-bond donors (Lipinski definition) is 8. The molecule has 3 aromatic carbocycles. The predicted octanol–water partition coefficient (Wildman–Crippen LogP) is 3.53. The Hall–Kier alpha value is -5.92. The third-order valence-electron chi connectivity index (χ3n) is 10.4. The number of nitrogens with one attached hydrogen (secondary N) is 2. The molecule has 9 N–H and O–H groups in total. The third-order valence-corrected chi connectivity index (χ3v) is 10.4. The Morgan fingerprint density at radius 1 is 0.980 bits per heavy atom. The Balaban J connectivity index is 1.11. The minimum absolute atomic E-state index is 0.0430. The van der Waals surface area contributed by atoms with Gasteiger partial charge in [0.25, 0.3) is 5.91 Å². The number of amides is 2. The molecule has 4 aliphatic rings. The Morgan fingerprint density at radius 3 is 2.22 bits per heavy atom. The molecule has 13 nitrogen and oxygen atoms in total. The number of primary amides is 1. The summed E-state index contributed by atoms with van der Waals surface area (Å²) < 4.78 is 5.55. The lowest BCUT2D eigenvalue weighted by Crippen LogP contribution is -2.62. The van der Waals surface area contributed by atoms with Crippen LogP contribution in [0, 0.1) is 11.8 Å². The number of rotatable bonds is 6. The first-order chi connectivity index (χ1) is 23.8. The van der Waals surface area contributed by atoms with E-state index in [-0.39, 0.29) is 29.6 Å². The molecule has 7 rings (SSSR count). The fourth-order valence-electron chi connectivity index (χ4n) is 8.05. The minimum atomic E-state index is -2.94. The van der Waals surface area contributed by atoms with E-state index in [0.717, 1.165) is 22.3 Å². The Morgan fingerprint density at radius 2 is 1.60 bits per heavy atom. The van der Waals surface area contributed by atoms with E-state index in [1.54, 1.807) is 6.92 Å². The van der Waals surface area contributed by atoms with Crippen molar-refractivity contribution in [1.29, 1.82) is 0 Å². The van der Waals surface area contributed by atoms with Crippen LogP contribution in [-0.2, 0) is 14.3 Å². The lowest BCUT2D eigenvalue weighted by Gasteiger charge is -2.50. The van der Waals surface area contributed by atoms with E-state index in [1.807, 2.05) is 48.5 Å². The molecule has 2 amide bonds. The zero-order valence-electron chi connectivity index (χ0n) is 26.6. The Bertz CT molecular complexity index is 2070. The number of alkyl carbamates (subject to hydrolysis) is 1. The molecule has 0 aromatic heterocycles. The summed E-state index contributed by atoms with van der Waals surface area (Å²) in [6.45, 7) is 5.44. The number of anilines is 1. The van der Waals surface area contributed by atoms with Gasteiger partial charge in [-0.05, 0) is 39.8 Å². The monoisotopic (exact) mass is 679 g/mol. The molecule has 0 bridgehead atoms. The summed E-state index contributed by atoms with van der Waals surface area (Å²) in [5.41, 5.74) is 4.96. The van der Waals surface area contributed by atoms with Crippen molar-refractivity contribution in [2.45, 2.75) is 36.9 Å². The van der Waals surface area contributed by atoms with Crippen LogP contribution in [-0.4, -0.2) is 67.4 Å². The van der Waals surface area contributed by atoms with Gasteiger partial charge in [0.05, 0.1) is 17.4 Å². The average molecular weight is 680 g/mol. The van der Waals surface area contributed by atoms with E-state index in [4.69, 9.17) is 10.5 Å². The van der Waals surface area contributed by atoms with E-state index in [9.17, 15) is 44.7 Å². The molecule has 0 saturated carbocycles. The van der Waals surface area contributed by atoms with Crippen molar-refractivity contribution in [3.63, 3.8) is 0 Å². The minimum Gasteiger partial charge on any atom is -0.511 e. The van der Waals surface area contributed by atoms with Crippen LogP contribution < -0.4 is 16.4 Å². The first-order valence-corrected chi connectivity index (χ1v) is 15.9. The van der Waals surface area contributed by atoms with Crippen LogP contribution in [0.2, 0.25) is 0 Å². The molecule has 13 heteroatoms. The van der Waals surface area contributed by atoms with Crippen molar-refractivity contribution in [3.05, 3.63) is 118 Å². The summed E-state index contributed by atoms with van der Waals surface area (Å²) in [5, 5.41) is 61.1. The van der Waals surface area contributed by atoms with Crippen LogP contribution in [0.1, 0.15) is 52.2 Å². The number of benzene rings is 3. The number of carbonyl (C=O) groups excluding carboxylic acids is 4. The second kappa shape index (κ2) is 11.6. The molecule has 4 aliphatic carbocycles. The maximum atomic E-state index is 14.0. The van der Waals surface area contributed by atoms with E-state index in [2.05, 4.69) is 17.2 Å². The van der Waals surface area contributed by atoms with Crippen molar-refractivity contribution >= 4 is 29.3 Å². The van der Waals surface area contributed by atoms with Crippen LogP contribution in [0.15, 0.2) is 95.7 Å². The van der Waals surface area contributed by atoms with Gasteiger partial charge in [0.2, 0.25) is 5.78 Å². The molecule has 0 radical (unpaired) electrons. The van der Waals surface area contributed by atoms with Crippen molar-refractivity contribution < 1.29 is 49.4 Å². The van der Waals surface area contributed by atoms with Crippen molar-refractivity contribution in [1.82, 2.24) is 5.32 Å². The van der Waals surface area contributed by atoms with Crippen molar-refractivity contribution in [2.24, 2.45) is 17.6 Å². The molecule has 0 heterocycles. The van der Waals surface area contributed by atoms with Gasteiger partial charge < -0.3 is 41.3 Å².